The monoisotopic (exact) mass is 280 g/mol. The third-order valence-corrected chi connectivity index (χ3v) is 4.72. The van der Waals surface area contributed by atoms with Gasteiger partial charge in [-0.25, -0.2) is 0 Å². The molecule has 1 aromatic carbocycles. The van der Waals surface area contributed by atoms with Crippen LogP contribution in [0.15, 0.2) is 24.3 Å². The molecule has 0 aliphatic carbocycles. The van der Waals surface area contributed by atoms with Gasteiger partial charge in [-0.15, -0.1) is 0 Å². The van der Waals surface area contributed by atoms with E-state index in [4.69, 9.17) is 11.6 Å². The quantitative estimate of drug-likeness (QED) is 0.907. The first kappa shape index (κ1) is 14.8. The molecule has 0 radical (unpaired) electrons. The number of likely N-dealkylation sites (tertiary alicyclic amines) is 1. The Labute approximate surface area is 122 Å². The number of nitrogens with one attached hydrogen (secondary N) is 1. The minimum atomic E-state index is 0.619. The summed E-state index contributed by atoms with van der Waals surface area (Å²) in [4.78, 5) is 2.59. The number of nitrogens with zero attached hydrogens (tertiary/aromatic N) is 1. The number of halogens is 1. The summed E-state index contributed by atoms with van der Waals surface area (Å²) in [6.07, 6.45) is 1.24. The maximum absolute atomic E-state index is 5.94. The molecule has 1 aliphatic rings. The predicted octanol–water partition coefficient (Wildman–Crippen LogP) is 3.55. The molecule has 1 fully saturated rings. The number of hydrogen-bond donors (Lipinski definition) is 1. The molecule has 0 spiro atoms. The van der Waals surface area contributed by atoms with Gasteiger partial charge in [-0.1, -0.05) is 37.6 Å². The SMILES string of the molecule is CCNC1CCN(Cc2ccc(Cl)cc2)C(C)C1C. The van der Waals surface area contributed by atoms with Crippen LogP contribution in [0.5, 0.6) is 0 Å². The van der Waals surface area contributed by atoms with E-state index in [0.29, 0.717) is 18.0 Å². The lowest BCUT2D eigenvalue weighted by Gasteiger charge is -2.43. The number of piperidine rings is 1. The Morgan fingerprint density at radius 1 is 1.26 bits per heavy atom. The van der Waals surface area contributed by atoms with E-state index in [9.17, 15) is 0 Å². The van der Waals surface area contributed by atoms with E-state index in [0.717, 1.165) is 18.1 Å². The van der Waals surface area contributed by atoms with Crippen LogP contribution in [0.3, 0.4) is 0 Å². The first-order valence-corrected chi connectivity index (χ1v) is 7.71. The summed E-state index contributed by atoms with van der Waals surface area (Å²) in [5.41, 5.74) is 1.35. The summed E-state index contributed by atoms with van der Waals surface area (Å²) in [5.74, 6) is 0.695. The van der Waals surface area contributed by atoms with Crippen LogP contribution in [0.25, 0.3) is 0 Å². The zero-order valence-electron chi connectivity index (χ0n) is 12.2. The molecule has 19 heavy (non-hydrogen) atoms. The third-order valence-electron chi connectivity index (χ3n) is 4.46. The second-order valence-electron chi connectivity index (χ2n) is 5.65. The summed E-state index contributed by atoms with van der Waals surface area (Å²) in [6.45, 7) is 10.2. The Balaban J connectivity index is 1.97. The molecule has 2 nitrogen and oxygen atoms in total. The van der Waals surface area contributed by atoms with Crippen molar-refractivity contribution in [2.75, 3.05) is 13.1 Å². The Kier molecular flexibility index (Phi) is 5.26. The molecule has 0 aromatic heterocycles. The van der Waals surface area contributed by atoms with Crippen molar-refractivity contribution >= 4 is 11.6 Å². The first-order valence-electron chi connectivity index (χ1n) is 7.33. The van der Waals surface area contributed by atoms with Crippen LogP contribution in [0.2, 0.25) is 5.02 Å². The number of benzene rings is 1. The van der Waals surface area contributed by atoms with Gasteiger partial charge in [-0.3, -0.25) is 4.90 Å². The molecule has 2 rings (SSSR count). The molecule has 0 saturated carbocycles. The van der Waals surface area contributed by atoms with Crippen molar-refractivity contribution in [1.29, 1.82) is 0 Å². The molecule has 3 atom stereocenters. The van der Waals surface area contributed by atoms with Crippen molar-refractivity contribution in [3.05, 3.63) is 34.9 Å². The smallest absolute Gasteiger partial charge is 0.0406 e. The lowest BCUT2D eigenvalue weighted by Crippen LogP contribution is -2.52. The van der Waals surface area contributed by atoms with Crippen molar-refractivity contribution < 1.29 is 0 Å². The van der Waals surface area contributed by atoms with E-state index in [1.807, 2.05) is 12.1 Å². The molecular weight excluding hydrogens is 256 g/mol. The molecular formula is C16H25ClN2. The predicted molar refractivity (Wildman–Crippen MR) is 82.6 cm³/mol. The summed E-state index contributed by atoms with van der Waals surface area (Å²) >= 11 is 5.94. The Morgan fingerprint density at radius 2 is 1.95 bits per heavy atom. The van der Waals surface area contributed by atoms with Gasteiger partial charge in [-0.2, -0.15) is 0 Å². The lowest BCUT2D eigenvalue weighted by molar-refractivity contribution is 0.0790. The lowest BCUT2D eigenvalue weighted by atomic mass is 9.86. The minimum absolute atomic E-state index is 0.619. The van der Waals surface area contributed by atoms with E-state index in [-0.39, 0.29) is 0 Å². The van der Waals surface area contributed by atoms with Crippen molar-refractivity contribution in [2.45, 2.75) is 45.8 Å². The normalized spacial score (nSPS) is 28.5. The number of hydrogen-bond acceptors (Lipinski definition) is 2. The fourth-order valence-electron chi connectivity index (χ4n) is 3.04. The highest BCUT2D eigenvalue weighted by atomic mass is 35.5. The highest BCUT2D eigenvalue weighted by molar-refractivity contribution is 6.30. The topological polar surface area (TPSA) is 15.3 Å². The van der Waals surface area contributed by atoms with Crippen molar-refractivity contribution in [3.63, 3.8) is 0 Å². The Bertz CT molecular complexity index is 390. The summed E-state index contributed by atoms with van der Waals surface area (Å²) in [6, 6.07) is 9.52. The maximum atomic E-state index is 5.94. The van der Waals surface area contributed by atoms with Crippen LogP contribution in [0.4, 0.5) is 0 Å². The molecule has 1 saturated heterocycles. The highest BCUT2D eigenvalue weighted by Gasteiger charge is 2.31. The van der Waals surface area contributed by atoms with Gasteiger partial charge in [0, 0.05) is 30.2 Å². The van der Waals surface area contributed by atoms with Gasteiger partial charge >= 0.3 is 0 Å². The minimum Gasteiger partial charge on any atom is -0.314 e. The van der Waals surface area contributed by atoms with Gasteiger partial charge in [0.05, 0.1) is 0 Å². The molecule has 1 N–H and O–H groups in total. The Morgan fingerprint density at radius 3 is 2.58 bits per heavy atom. The second-order valence-corrected chi connectivity index (χ2v) is 6.09. The Hall–Kier alpha value is -0.570. The van der Waals surface area contributed by atoms with E-state index in [1.165, 1.54) is 18.5 Å². The fourth-order valence-corrected chi connectivity index (χ4v) is 3.16. The van der Waals surface area contributed by atoms with Gasteiger partial charge < -0.3 is 5.32 Å². The molecule has 3 heteroatoms. The van der Waals surface area contributed by atoms with Crippen LogP contribution in [0.1, 0.15) is 32.8 Å². The van der Waals surface area contributed by atoms with Crippen LogP contribution in [-0.4, -0.2) is 30.1 Å². The summed E-state index contributed by atoms with van der Waals surface area (Å²) < 4.78 is 0. The zero-order valence-corrected chi connectivity index (χ0v) is 13.0. The van der Waals surface area contributed by atoms with Gasteiger partial charge in [0.1, 0.15) is 0 Å². The van der Waals surface area contributed by atoms with Crippen molar-refractivity contribution in [3.8, 4) is 0 Å². The first-order chi connectivity index (χ1) is 9.11. The largest absolute Gasteiger partial charge is 0.314 e. The highest BCUT2D eigenvalue weighted by Crippen LogP contribution is 2.25. The van der Waals surface area contributed by atoms with Gasteiger partial charge in [-0.05, 0) is 43.5 Å². The summed E-state index contributed by atoms with van der Waals surface area (Å²) in [5, 5.41) is 4.43. The van der Waals surface area contributed by atoms with Crippen LogP contribution >= 0.6 is 11.6 Å². The fraction of sp³-hybridized carbons (Fsp3) is 0.625. The maximum Gasteiger partial charge on any atom is 0.0406 e. The van der Waals surface area contributed by atoms with Crippen LogP contribution in [0, 0.1) is 5.92 Å². The average molecular weight is 281 g/mol. The molecule has 106 valence electrons. The van der Waals surface area contributed by atoms with Gasteiger partial charge in [0.25, 0.3) is 0 Å². The van der Waals surface area contributed by atoms with E-state index >= 15 is 0 Å². The third kappa shape index (κ3) is 3.71. The molecule has 0 bridgehead atoms. The van der Waals surface area contributed by atoms with Crippen molar-refractivity contribution in [1.82, 2.24) is 10.2 Å². The average Bonchev–Trinajstić information content (AvgIpc) is 2.41. The van der Waals surface area contributed by atoms with E-state index in [2.05, 4.69) is 43.1 Å². The second kappa shape index (κ2) is 6.74. The molecule has 1 heterocycles. The van der Waals surface area contributed by atoms with Gasteiger partial charge in [0.2, 0.25) is 0 Å². The van der Waals surface area contributed by atoms with Crippen LogP contribution in [-0.2, 0) is 6.54 Å². The molecule has 0 amide bonds. The van der Waals surface area contributed by atoms with E-state index < -0.39 is 0 Å². The molecule has 1 aromatic rings. The van der Waals surface area contributed by atoms with Crippen molar-refractivity contribution in [2.24, 2.45) is 5.92 Å². The van der Waals surface area contributed by atoms with Gasteiger partial charge in [0.15, 0.2) is 0 Å². The summed E-state index contributed by atoms with van der Waals surface area (Å²) in [7, 11) is 0. The molecule has 3 unspecified atom stereocenters. The van der Waals surface area contributed by atoms with Crippen LogP contribution < -0.4 is 5.32 Å². The number of rotatable bonds is 4. The standard InChI is InChI=1S/C16H25ClN2/c1-4-18-16-9-10-19(13(3)12(16)2)11-14-5-7-15(17)8-6-14/h5-8,12-13,16,18H,4,9-11H2,1-3H3. The van der Waals surface area contributed by atoms with E-state index in [1.54, 1.807) is 0 Å². The zero-order chi connectivity index (χ0) is 13.8. The molecule has 1 aliphatic heterocycles.